The quantitative estimate of drug-likeness (QED) is 0.503. The van der Waals surface area contributed by atoms with Crippen molar-refractivity contribution < 1.29 is 5.11 Å². The molecule has 0 aliphatic carbocycles. The maximum atomic E-state index is 9.90. The Morgan fingerprint density at radius 3 is 2.57 bits per heavy atom. The van der Waals surface area contributed by atoms with E-state index < -0.39 is 0 Å². The fourth-order valence-corrected chi connectivity index (χ4v) is 3.63. The minimum atomic E-state index is 0.293. The number of rotatable bonds is 3. The van der Waals surface area contributed by atoms with Crippen molar-refractivity contribution in [3.63, 3.8) is 0 Å². The second kappa shape index (κ2) is 6.14. The van der Waals surface area contributed by atoms with E-state index in [2.05, 4.69) is 4.98 Å². The van der Waals surface area contributed by atoms with Crippen molar-refractivity contribution in [3.8, 4) is 5.75 Å². The molecule has 21 heavy (non-hydrogen) atoms. The van der Waals surface area contributed by atoms with Gasteiger partial charge in [0.15, 0.2) is 0 Å². The van der Waals surface area contributed by atoms with E-state index in [-0.39, 0.29) is 0 Å². The molecule has 0 fully saturated rings. The van der Waals surface area contributed by atoms with Gasteiger partial charge in [0.25, 0.3) is 0 Å². The fraction of sp³-hybridized carbons (Fsp3) is 0.0625. The van der Waals surface area contributed by atoms with Crippen LogP contribution in [0.2, 0.25) is 10.2 Å². The van der Waals surface area contributed by atoms with Crippen molar-refractivity contribution in [3.05, 3.63) is 64.4 Å². The smallest absolute Gasteiger partial charge is 0.130 e. The summed E-state index contributed by atoms with van der Waals surface area (Å²) in [7, 11) is 0. The minimum Gasteiger partial charge on any atom is -0.507 e. The molecule has 1 aromatic heterocycles. The Morgan fingerprint density at radius 2 is 1.81 bits per heavy atom. The average Bonchev–Trinajstić information content (AvgIpc) is 2.48. The SMILES string of the molecule is Oc1ccc(SCc2cnc(Cl)cc2Cl)c2ccccc12. The Hall–Kier alpha value is -1.42. The molecule has 5 heteroatoms. The molecular formula is C16H11Cl2NOS. The molecule has 1 heterocycles. The lowest BCUT2D eigenvalue weighted by molar-refractivity contribution is 0.481. The number of fused-ring (bicyclic) bond motifs is 1. The average molecular weight is 336 g/mol. The van der Waals surface area contributed by atoms with Crippen molar-refractivity contribution in [2.24, 2.45) is 0 Å². The normalized spacial score (nSPS) is 11.0. The number of pyridine rings is 1. The summed E-state index contributed by atoms with van der Waals surface area (Å²) >= 11 is 13.6. The predicted molar refractivity (Wildman–Crippen MR) is 89.4 cm³/mol. The Labute approximate surface area is 136 Å². The number of benzene rings is 2. The van der Waals surface area contributed by atoms with Crippen LogP contribution < -0.4 is 0 Å². The van der Waals surface area contributed by atoms with Crippen molar-refractivity contribution in [2.75, 3.05) is 0 Å². The van der Waals surface area contributed by atoms with E-state index in [0.29, 0.717) is 21.7 Å². The molecule has 0 unspecified atom stereocenters. The van der Waals surface area contributed by atoms with E-state index >= 15 is 0 Å². The molecule has 0 saturated carbocycles. The standard InChI is InChI=1S/C16H11Cl2NOS/c17-13-7-16(18)19-8-10(13)9-21-15-6-5-14(20)11-3-1-2-4-12(11)15/h1-8,20H,9H2. The van der Waals surface area contributed by atoms with E-state index in [1.807, 2.05) is 30.3 Å². The minimum absolute atomic E-state index is 0.293. The Morgan fingerprint density at radius 1 is 1.05 bits per heavy atom. The van der Waals surface area contributed by atoms with Crippen molar-refractivity contribution in [1.29, 1.82) is 0 Å². The van der Waals surface area contributed by atoms with Crippen LogP contribution in [0.25, 0.3) is 10.8 Å². The van der Waals surface area contributed by atoms with Gasteiger partial charge in [-0.15, -0.1) is 11.8 Å². The van der Waals surface area contributed by atoms with Gasteiger partial charge >= 0.3 is 0 Å². The third-order valence-electron chi connectivity index (χ3n) is 3.14. The van der Waals surface area contributed by atoms with Crippen LogP contribution in [0.3, 0.4) is 0 Å². The number of hydrogen-bond donors (Lipinski definition) is 1. The van der Waals surface area contributed by atoms with E-state index in [9.17, 15) is 5.11 Å². The Kier molecular flexibility index (Phi) is 4.24. The number of phenols is 1. The van der Waals surface area contributed by atoms with Crippen LogP contribution in [0, 0.1) is 0 Å². The van der Waals surface area contributed by atoms with Gasteiger partial charge < -0.3 is 5.11 Å². The van der Waals surface area contributed by atoms with Gasteiger partial charge in [-0.05, 0) is 29.1 Å². The Balaban J connectivity index is 1.90. The van der Waals surface area contributed by atoms with Crippen LogP contribution in [0.5, 0.6) is 5.75 Å². The van der Waals surface area contributed by atoms with E-state index in [0.717, 1.165) is 21.2 Å². The summed E-state index contributed by atoms with van der Waals surface area (Å²) in [6, 6.07) is 13.1. The molecule has 0 aliphatic heterocycles. The van der Waals surface area contributed by atoms with Crippen LogP contribution in [0.15, 0.2) is 53.6 Å². The van der Waals surface area contributed by atoms with Gasteiger partial charge in [0, 0.05) is 27.3 Å². The molecule has 3 rings (SSSR count). The first-order chi connectivity index (χ1) is 10.1. The molecular weight excluding hydrogens is 325 g/mol. The van der Waals surface area contributed by atoms with Gasteiger partial charge in [-0.3, -0.25) is 0 Å². The molecule has 0 saturated heterocycles. The lowest BCUT2D eigenvalue weighted by Crippen LogP contribution is -1.86. The molecule has 1 N–H and O–H groups in total. The number of halogens is 2. The highest BCUT2D eigenvalue weighted by Gasteiger charge is 2.08. The molecule has 106 valence electrons. The molecule has 0 bridgehead atoms. The summed E-state index contributed by atoms with van der Waals surface area (Å²) in [5.74, 6) is 0.985. The third kappa shape index (κ3) is 3.10. The zero-order chi connectivity index (χ0) is 14.8. The summed E-state index contributed by atoms with van der Waals surface area (Å²) < 4.78 is 0. The monoisotopic (exact) mass is 335 g/mol. The lowest BCUT2D eigenvalue weighted by Gasteiger charge is -2.08. The number of aromatic nitrogens is 1. The second-order valence-electron chi connectivity index (χ2n) is 4.52. The molecule has 2 nitrogen and oxygen atoms in total. The molecule has 3 aromatic rings. The highest BCUT2D eigenvalue weighted by Crippen LogP contribution is 2.35. The highest BCUT2D eigenvalue weighted by molar-refractivity contribution is 7.98. The van der Waals surface area contributed by atoms with E-state index in [1.165, 1.54) is 0 Å². The number of aromatic hydroxyl groups is 1. The topological polar surface area (TPSA) is 33.1 Å². The second-order valence-corrected chi connectivity index (χ2v) is 6.33. The van der Waals surface area contributed by atoms with Gasteiger partial charge in [-0.25, -0.2) is 4.98 Å². The molecule has 0 aliphatic rings. The van der Waals surface area contributed by atoms with Gasteiger partial charge in [0.05, 0.1) is 0 Å². The molecule has 0 atom stereocenters. The van der Waals surface area contributed by atoms with Crippen LogP contribution >= 0.6 is 35.0 Å². The van der Waals surface area contributed by atoms with Crippen LogP contribution in [0.4, 0.5) is 0 Å². The fourth-order valence-electron chi connectivity index (χ4n) is 2.08. The number of phenolic OH excluding ortho intramolecular Hbond substituents is 1. The number of nitrogens with zero attached hydrogens (tertiary/aromatic N) is 1. The number of thioether (sulfide) groups is 1. The number of hydrogen-bond acceptors (Lipinski definition) is 3. The van der Waals surface area contributed by atoms with Gasteiger partial charge in [0.2, 0.25) is 0 Å². The van der Waals surface area contributed by atoms with Gasteiger partial charge in [-0.2, -0.15) is 0 Å². The van der Waals surface area contributed by atoms with Crippen molar-refractivity contribution in [1.82, 2.24) is 4.98 Å². The molecule has 2 aromatic carbocycles. The predicted octanol–water partition coefficient (Wildman–Crippen LogP) is 5.54. The highest BCUT2D eigenvalue weighted by atomic mass is 35.5. The summed E-state index contributed by atoms with van der Waals surface area (Å²) in [6.45, 7) is 0. The van der Waals surface area contributed by atoms with Gasteiger partial charge in [0.1, 0.15) is 10.9 Å². The zero-order valence-corrected chi connectivity index (χ0v) is 13.2. The lowest BCUT2D eigenvalue weighted by atomic mass is 10.1. The largest absolute Gasteiger partial charge is 0.507 e. The summed E-state index contributed by atoms with van der Waals surface area (Å²) in [5.41, 5.74) is 0.934. The molecule has 0 amide bonds. The van der Waals surface area contributed by atoms with Crippen molar-refractivity contribution in [2.45, 2.75) is 10.6 Å². The summed E-state index contributed by atoms with van der Waals surface area (Å²) in [4.78, 5) is 5.15. The molecule has 0 spiro atoms. The first-order valence-electron chi connectivity index (χ1n) is 6.28. The van der Waals surface area contributed by atoms with E-state index in [1.54, 1.807) is 30.1 Å². The summed E-state index contributed by atoms with van der Waals surface area (Å²) in [5, 5.41) is 12.8. The van der Waals surface area contributed by atoms with E-state index in [4.69, 9.17) is 23.2 Å². The first-order valence-corrected chi connectivity index (χ1v) is 8.03. The third-order valence-corrected chi connectivity index (χ3v) is 4.82. The zero-order valence-electron chi connectivity index (χ0n) is 10.9. The van der Waals surface area contributed by atoms with Crippen molar-refractivity contribution >= 4 is 45.7 Å². The van der Waals surface area contributed by atoms with Gasteiger partial charge in [-0.1, -0.05) is 47.5 Å². The first kappa shape index (κ1) is 14.5. The Bertz CT molecular complexity index is 807. The summed E-state index contributed by atoms with van der Waals surface area (Å²) in [6.07, 6.45) is 1.69. The molecule has 0 radical (unpaired) electrons. The van der Waals surface area contributed by atoms with Crippen LogP contribution in [-0.2, 0) is 5.75 Å². The van der Waals surface area contributed by atoms with Crippen LogP contribution in [0.1, 0.15) is 5.56 Å². The maximum Gasteiger partial charge on any atom is 0.130 e. The maximum absolute atomic E-state index is 9.90. The van der Waals surface area contributed by atoms with Crippen LogP contribution in [-0.4, -0.2) is 10.1 Å².